The van der Waals surface area contributed by atoms with Crippen LogP contribution in [0.1, 0.15) is 43.7 Å². The first-order valence-electron chi connectivity index (χ1n) is 8.95. The smallest absolute Gasteiger partial charge is 0.255 e. The van der Waals surface area contributed by atoms with Crippen molar-refractivity contribution in [2.75, 3.05) is 13.2 Å². The van der Waals surface area contributed by atoms with Crippen molar-refractivity contribution >= 4 is 35.8 Å². The molecule has 1 heterocycles. The van der Waals surface area contributed by atoms with Crippen molar-refractivity contribution in [3.63, 3.8) is 0 Å². The lowest BCUT2D eigenvalue weighted by Gasteiger charge is -2.10. The van der Waals surface area contributed by atoms with Crippen molar-refractivity contribution in [1.29, 1.82) is 0 Å². The lowest BCUT2D eigenvalue weighted by molar-refractivity contribution is -0.119. The molecule has 0 bridgehead atoms. The van der Waals surface area contributed by atoms with Crippen molar-refractivity contribution in [1.82, 2.24) is 15.8 Å². The number of nitrogens with zero attached hydrogens (tertiary/aromatic N) is 2. The van der Waals surface area contributed by atoms with Gasteiger partial charge in [-0.15, -0.1) is 24.0 Å². The molecule has 1 amide bonds. The Balaban J connectivity index is 0.00000392. The van der Waals surface area contributed by atoms with E-state index in [-0.39, 0.29) is 30.6 Å². The molecule has 0 saturated carbocycles. The summed E-state index contributed by atoms with van der Waals surface area (Å²) in [5.41, 5.74) is 6.98. The highest BCUT2D eigenvalue weighted by Gasteiger charge is 2.08. The average molecular weight is 501 g/mol. The molecule has 0 radical (unpaired) electrons. The Bertz CT molecular complexity index is 776. The van der Waals surface area contributed by atoms with E-state index in [4.69, 9.17) is 15.0 Å². The lowest BCUT2D eigenvalue weighted by atomic mass is 10.1. The summed E-state index contributed by atoms with van der Waals surface area (Å²) >= 11 is 0. The molecule has 8 nitrogen and oxygen atoms in total. The van der Waals surface area contributed by atoms with Crippen LogP contribution in [0, 0.1) is 0 Å². The number of nitrogens with one attached hydrogen (secondary N) is 2. The minimum atomic E-state index is -0.509. The zero-order valence-corrected chi connectivity index (χ0v) is 18.7. The highest BCUT2D eigenvalue weighted by molar-refractivity contribution is 14.0. The summed E-state index contributed by atoms with van der Waals surface area (Å²) in [5.74, 6) is 1.83. The largest absolute Gasteiger partial charge is 0.484 e. The Morgan fingerprint density at radius 2 is 2.11 bits per heavy atom. The van der Waals surface area contributed by atoms with Crippen LogP contribution in [0.3, 0.4) is 0 Å². The Labute approximate surface area is 182 Å². The maximum atomic E-state index is 10.8. The Morgan fingerprint density at radius 1 is 1.32 bits per heavy atom. The van der Waals surface area contributed by atoms with Gasteiger partial charge in [0.2, 0.25) is 0 Å². The number of hydrogen-bond donors (Lipinski definition) is 3. The number of aliphatic imine (C=N–C) groups is 1. The van der Waals surface area contributed by atoms with E-state index in [2.05, 4.69) is 34.6 Å². The summed E-state index contributed by atoms with van der Waals surface area (Å²) in [5, 5.41) is 10.5. The second-order valence-electron chi connectivity index (χ2n) is 6.32. The Morgan fingerprint density at radius 3 is 2.75 bits per heavy atom. The van der Waals surface area contributed by atoms with Crippen LogP contribution in [-0.4, -0.2) is 30.2 Å². The van der Waals surface area contributed by atoms with E-state index >= 15 is 0 Å². The molecule has 0 saturated heterocycles. The molecule has 0 aliphatic rings. The van der Waals surface area contributed by atoms with Gasteiger partial charge in [-0.3, -0.25) is 4.79 Å². The number of ether oxygens (including phenoxy) is 1. The molecule has 2 rings (SSSR count). The van der Waals surface area contributed by atoms with Gasteiger partial charge in [0.1, 0.15) is 5.75 Å². The summed E-state index contributed by atoms with van der Waals surface area (Å²) in [6, 6.07) is 9.34. The zero-order chi connectivity index (χ0) is 19.6. The van der Waals surface area contributed by atoms with Crippen LogP contribution >= 0.6 is 24.0 Å². The molecule has 4 N–H and O–H groups in total. The number of benzene rings is 1. The molecule has 0 atom stereocenters. The second-order valence-corrected chi connectivity index (χ2v) is 6.32. The Kier molecular flexibility index (Phi) is 10.4. The minimum Gasteiger partial charge on any atom is -0.484 e. The molecule has 0 aliphatic carbocycles. The van der Waals surface area contributed by atoms with E-state index in [0.717, 1.165) is 23.6 Å². The van der Waals surface area contributed by atoms with Crippen LogP contribution < -0.4 is 21.1 Å². The highest BCUT2D eigenvalue weighted by Crippen LogP contribution is 2.15. The fourth-order valence-electron chi connectivity index (χ4n) is 2.26. The Hall–Kier alpha value is -2.30. The third-order valence-electron chi connectivity index (χ3n) is 3.64. The monoisotopic (exact) mass is 501 g/mol. The third-order valence-corrected chi connectivity index (χ3v) is 3.64. The minimum absolute atomic E-state index is 0. The summed E-state index contributed by atoms with van der Waals surface area (Å²) in [6.45, 7) is 7.68. The quantitative estimate of drug-likeness (QED) is 0.277. The topological polar surface area (TPSA) is 115 Å². The van der Waals surface area contributed by atoms with E-state index in [9.17, 15) is 4.79 Å². The summed E-state index contributed by atoms with van der Waals surface area (Å²) in [7, 11) is 0. The summed E-state index contributed by atoms with van der Waals surface area (Å²) < 4.78 is 10.6. The van der Waals surface area contributed by atoms with E-state index in [1.54, 1.807) is 6.07 Å². The van der Waals surface area contributed by atoms with Crippen molar-refractivity contribution in [2.24, 2.45) is 10.7 Å². The van der Waals surface area contributed by atoms with Crippen LogP contribution in [0.4, 0.5) is 0 Å². The van der Waals surface area contributed by atoms with Gasteiger partial charge in [0.25, 0.3) is 5.91 Å². The third kappa shape index (κ3) is 8.15. The lowest BCUT2D eigenvalue weighted by Crippen LogP contribution is -2.36. The number of guanidine groups is 1. The van der Waals surface area contributed by atoms with Gasteiger partial charge >= 0.3 is 0 Å². The van der Waals surface area contributed by atoms with Crippen LogP contribution in [0.2, 0.25) is 0 Å². The maximum absolute atomic E-state index is 10.8. The van der Waals surface area contributed by atoms with Gasteiger partial charge in [0.05, 0.1) is 18.8 Å². The van der Waals surface area contributed by atoms with Crippen LogP contribution in [0.5, 0.6) is 5.75 Å². The fourth-order valence-corrected chi connectivity index (χ4v) is 2.26. The second kappa shape index (κ2) is 12.2. The molecule has 1 aromatic heterocycles. The first-order valence-corrected chi connectivity index (χ1v) is 8.95. The van der Waals surface area contributed by atoms with E-state index < -0.39 is 5.91 Å². The molecule has 154 valence electrons. The summed E-state index contributed by atoms with van der Waals surface area (Å²) in [4.78, 5) is 15.4. The predicted octanol–water partition coefficient (Wildman–Crippen LogP) is 2.54. The number of aromatic nitrogens is 1. The SMILES string of the molecule is CCNC(=NCc1cccc(OCC(N)=O)c1)NCc1cc(C(C)C)no1.I. The number of primary amides is 1. The predicted molar refractivity (Wildman–Crippen MR) is 119 cm³/mol. The maximum Gasteiger partial charge on any atom is 0.255 e. The number of hydrogen-bond acceptors (Lipinski definition) is 5. The number of carbonyl (C=O) groups is 1. The molecule has 0 fully saturated rings. The van der Waals surface area contributed by atoms with Crippen molar-refractivity contribution in [3.05, 3.63) is 47.3 Å². The molecule has 28 heavy (non-hydrogen) atoms. The first-order chi connectivity index (χ1) is 13.0. The zero-order valence-electron chi connectivity index (χ0n) is 16.4. The highest BCUT2D eigenvalue weighted by atomic mass is 127. The van der Waals surface area contributed by atoms with Gasteiger partial charge in [0.15, 0.2) is 18.3 Å². The van der Waals surface area contributed by atoms with Crippen LogP contribution in [0.25, 0.3) is 0 Å². The molecule has 1 aromatic carbocycles. The van der Waals surface area contributed by atoms with Crippen molar-refractivity contribution < 1.29 is 14.1 Å². The van der Waals surface area contributed by atoms with E-state index in [1.165, 1.54) is 0 Å². The van der Waals surface area contributed by atoms with Crippen LogP contribution in [-0.2, 0) is 17.9 Å². The standard InChI is InChI=1S/C19H27N5O3.HI/c1-4-21-19(23-11-16-9-17(13(2)3)24-27-16)22-10-14-6-5-7-15(8-14)26-12-18(20)25;/h5-9,13H,4,10-12H2,1-3H3,(H2,20,25)(H2,21,22,23);1H. The molecule has 0 spiro atoms. The number of halogens is 1. The van der Waals surface area contributed by atoms with Gasteiger partial charge < -0.3 is 25.6 Å². The number of amides is 1. The van der Waals surface area contributed by atoms with Crippen molar-refractivity contribution in [3.8, 4) is 5.75 Å². The average Bonchev–Trinajstić information content (AvgIpc) is 3.12. The fraction of sp³-hybridized carbons (Fsp3) is 0.421. The van der Waals surface area contributed by atoms with Gasteiger partial charge in [-0.05, 0) is 30.5 Å². The summed E-state index contributed by atoms with van der Waals surface area (Å²) in [6.07, 6.45) is 0. The number of nitrogens with two attached hydrogens (primary N) is 1. The first kappa shape index (κ1) is 23.7. The molecular weight excluding hydrogens is 473 g/mol. The van der Waals surface area contributed by atoms with Gasteiger partial charge in [-0.25, -0.2) is 4.99 Å². The molecular formula is C19H28IN5O3. The molecule has 9 heteroatoms. The molecule has 0 unspecified atom stereocenters. The van der Waals surface area contributed by atoms with E-state index in [0.29, 0.717) is 30.7 Å². The van der Waals surface area contributed by atoms with Crippen molar-refractivity contribution in [2.45, 2.75) is 39.8 Å². The van der Waals surface area contributed by atoms with Gasteiger partial charge in [-0.1, -0.05) is 31.1 Å². The van der Waals surface area contributed by atoms with Crippen LogP contribution in [0.15, 0.2) is 39.8 Å². The molecule has 0 aliphatic heterocycles. The number of carbonyl (C=O) groups excluding carboxylic acids is 1. The van der Waals surface area contributed by atoms with E-state index in [1.807, 2.05) is 31.2 Å². The molecule has 2 aromatic rings. The number of rotatable bonds is 9. The normalized spacial score (nSPS) is 11.1. The van der Waals surface area contributed by atoms with Gasteiger partial charge in [0, 0.05) is 12.6 Å². The van der Waals surface area contributed by atoms with Gasteiger partial charge in [-0.2, -0.15) is 0 Å².